The summed E-state index contributed by atoms with van der Waals surface area (Å²) in [6.07, 6.45) is 1.37. The van der Waals surface area contributed by atoms with Gasteiger partial charge in [-0.05, 0) is 31.4 Å². The highest BCUT2D eigenvalue weighted by Gasteiger charge is 2.51. The first-order chi connectivity index (χ1) is 11.4. The first-order valence-corrected chi connectivity index (χ1v) is 8.18. The van der Waals surface area contributed by atoms with E-state index < -0.39 is 17.4 Å². The standard InChI is InChI=1S/C17H22N4O3/c1-11-12(7-13(9-18)20(11)2)10-21-5-3-17(4-6-21)14(16(23)24)8-15(22)19-17/h7,14H,3-6,8,10H2,1-2H3,(H,19,22)(H,23,24). The van der Waals surface area contributed by atoms with Crippen molar-refractivity contribution in [1.82, 2.24) is 14.8 Å². The number of likely N-dealkylation sites (tertiary alicyclic amines) is 1. The first-order valence-electron chi connectivity index (χ1n) is 8.18. The maximum absolute atomic E-state index is 11.7. The molecule has 1 atom stereocenters. The van der Waals surface area contributed by atoms with Crippen molar-refractivity contribution in [2.45, 2.75) is 38.3 Å². The third-order valence-corrected chi connectivity index (χ3v) is 5.64. The fraction of sp³-hybridized carbons (Fsp3) is 0.588. The van der Waals surface area contributed by atoms with E-state index in [9.17, 15) is 14.7 Å². The number of piperidine rings is 1. The van der Waals surface area contributed by atoms with Crippen LogP contribution in [-0.4, -0.2) is 45.1 Å². The average Bonchev–Trinajstić information content (AvgIpc) is 3.01. The number of hydrogen-bond acceptors (Lipinski definition) is 4. The van der Waals surface area contributed by atoms with E-state index in [1.54, 1.807) is 0 Å². The van der Waals surface area contributed by atoms with E-state index in [1.807, 2.05) is 24.6 Å². The maximum Gasteiger partial charge on any atom is 0.309 e. The summed E-state index contributed by atoms with van der Waals surface area (Å²) in [5.41, 5.74) is 2.24. The van der Waals surface area contributed by atoms with E-state index in [-0.39, 0.29) is 12.3 Å². The van der Waals surface area contributed by atoms with Gasteiger partial charge in [-0.15, -0.1) is 0 Å². The lowest BCUT2D eigenvalue weighted by Crippen LogP contribution is -2.55. The van der Waals surface area contributed by atoms with Crippen molar-refractivity contribution in [2.75, 3.05) is 13.1 Å². The number of carbonyl (C=O) groups is 2. The van der Waals surface area contributed by atoms with Crippen LogP contribution in [0, 0.1) is 24.2 Å². The predicted molar refractivity (Wildman–Crippen MR) is 86.0 cm³/mol. The SMILES string of the molecule is Cc1c(CN2CCC3(CC2)NC(=O)CC3C(=O)O)cc(C#N)n1C. The highest BCUT2D eigenvalue weighted by Crippen LogP contribution is 2.37. The summed E-state index contributed by atoms with van der Waals surface area (Å²) in [5.74, 6) is -1.68. The Balaban J connectivity index is 1.69. The molecule has 1 spiro atoms. The molecule has 2 aliphatic heterocycles. The van der Waals surface area contributed by atoms with Crippen molar-refractivity contribution in [3.8, 4) is 6.07 Å². The second-order valence-corrected chi connectivity index (χ2v) is 6.89. The maximum atomic E-state index is 11.7. The number of amides is 1. The van der Waals surface area contributed by atoms with Crippen LogP contribution in [0.2, 0.25) is 0 Å². The number of carbonyl (C=O) groups excluding carboxylic acids is 1. The number of aromatic nitrogens is 1. The van der Waals surface area contributed by atoms with Crippen LogP contribution < -0.4 is 5.32 Å². The largest absolute Gasteiger partial charge is 0.481 e. The highest BCUT2D eigenvalue weighted by atomic mass is 16.4. The van der Waals surface area contributed by atoms with Gasteiger partial charge in [0.25, 0.3) is 0 Å². The summed E-state index contributed by atoms with van der Waals surface area (Å²) >= 11 is 0. The zero-order valence-corrected chi connectivity index (χ0v) is 14.0. The molecule has 0 bridgehead atoms. The van der Waals surface area contributed by atoms with E-state index in [2.05, 4.69) is 16.3 Å². The lowest BCUT2D eigenvalue weighted by Gasteiger charge is -2.41. The minimum atomic E-state index is -0.889. The van der Waals surface area contributed by atoms with Crippen LogP contribution in [-0.2, 0) is 23.2 Å². The van der Waals surface area contributed by atoms with E-state index in [4.69, 9.17) is 5.26 Å². The fourth-order valence-electron chi connectivity index (χ4n) is 3.97. The van der Waals surface area contributed by atoms with Crippen molar-refractivity contribution in [3.63, 3.8) is 0 Å². The Morgan fingerprint density at radius 1 is 1.50 bits per heavy atom. The summed E-state index contributed by atoms with van der Waals surface area (Å²) < 4.78 is 1.89. The minimum absolute atomic E-state index is 0.0820. The number of carboxylic acids is 1. The Labute approximate surface area is 140 Å². The van der Waals surface area contributed by atoms with Gasteiger partial charge in [0.05, 0.1) is 11.5 Å². The van der Waals surface area contributed by atoms with Gasteiger partial charge in [-0.2, -0.15) is 5.26 Å². The Kier molecular flexibility index (Phi) is 4.10. The smallest absolute Gasteiger partial charge is 0.309 e. The molecular weight excluding hydrogens is 308 g/mol. The number of hydrogen-bond donors (Lipinski definition) is 2. The minimum Gasteiger partial charge on any atom is -0.481 e. The molecule has 1 aromatic rings. The second-order valence-electron chi connectivity index (χ2n) is 6.89. The number of nitriles is 1. The molecule has 2 N–H and O–H groups in total. The molecule has 0 radical (unpaired) electrons. The van der Waals surface area contributed by atoms with Crippen molar-refractivity contribution in [2.24, 2.45) is 13.0 Å². The van der Waals surface area contributed by atoms with E-state index >= 15 is 0 Å². The molecular formula is C17H22N4O3. The zero-order chi connectivity index (χ0) is 17.5. The van der Waals surface area contributed by atoms with E-state index in [0.717, 1.165) is 30.9 Å². The monoisotopic (exact) mass is 330 g/mol. The van der Waals surface area contributed by atoms with E-state index in [0.29, 0.717) is 18.5 Å². The topological polar surface area (TPSA) is 98.4 Å². The van der Waals surface area contributed by atoms with Crippen molar-refractivity contribution >= 4 is 11.9 Å². The van der Waals surface area contributed by atoms with Crippen molar-refractivity contribution in [1.29, 1.82) is 5.26 Å². The summed E-state index contributed by atoms with van der Waals surface area (Å²) in [6, 6.07) is 4.10. The molecule has 1 unspecified atom stereocenters. The number of nitrogens with one attached hydrogen (secondary N) is 1. The molecule has 2 fully saturated rings. The van der Waals surface area contributed by atoms with Gasteiger partial charge in [0.2, 0.25) is 5.91 Å². The Morgan fingerprint density at radius 2 is 2.17 bits per heavy atom. The van der Waals surface area contributed by atoms with Gasteiger partial charge < -0.3 is 15.0 Å². The molecule has 24 heavy (non-hydrogen) atoms. The predicted octanol–water partition coefficient (Wildman–Crippen LogP) is 0.760. The lowest BCUT2D eigenvalue weighted by molar-refractivity contribution is -0.144. The Bertz CT molecular complexity index is 723. The van der Waals surface area contributed by atoms with Crippen LogP contribution in [0.4, 0.5) is 0 Å². The van der Waals surface area contributed by atoms with Crippen molar-refractivity contribution < 1.29 is 14.7 Å². The van der Waals surface area contributed by atoms with Gasteiger partial charge >= 0.3 is 5.97 Å². The zero-order valence-electron chi connectivity index (χ0n) is 14.0. The van der Waals surface area contributed by atoms with Crippen LogP contribution in [0.15, 0.2) is 6.07 Å². The fourth-order valence-corrected chi connectivity index (χ4v) is 3.97. The number of rotatable bonds is 3. The van der Waals surface area contributed by atoms with Crippen LogP contribution in [0.25, 0.3) is 0 Å². The quantitative estimate of drug-likeness (QED) is 0.852. The summed E-state index contributed by atoms with van der Waals surface area (Å²) in [6.45, 7) is 4.21. The van der Waals surface area contributed by atoms with Gasteiger partial charge in [0.1, 0.15) is 11.8 Å². The highest BCUT2D eigenvalue weighted by molar-refractivity contribution is 5.88. The molecule has 128 valence electrons. The van der Waals surface area contributed by atoms with Crippen LogP contribution >= 0.6 is 0 Å². The number of nitrogens with zero attached hydrogens (tertiary/aromatic N) is 3. The van der Waals surface area contributed by atoms with Gasteiger partial charge in [0, 0.05) is 38.8 Å². The first kappa shape index (κ1) is 16.5. The lowest BCUT2D eigenvalue weighted by atomic mass is 9.77. The molecule has 2 aliphatic rings. The van der Waals surface area contributed by atoms with Gasteiger partial charge in [0.15, 0.2) is 0 Å². The van der Waals surface area contributed by atoms with Crippen molar-refractivity contribution in [3.05, 3.63) is 23.0 Å². The van der Waals surface area contributed by atoms with Gasteiger partial charge in [-0.3, -0.25) is 14.5 Å². The normalized spacial score (nSPS) is 23.2. The Morgan fingerprint density at radius 3 is 2.71 bits per heavy atom. The molecule has 3 rings (SSSR count). The molecule has 1 amide bonds. The molecule has 0 aliphatic carbocycles. The third kappa shape index (κ3) is 2.67. The van der Waals surface area contributed by atoms with Crippen LogP contribution in [0.1, 0.15) is 36.2 Å². The molecule has 1 aromatic heterocycles. The van der Waals surface area contributed by atoms with Gasteiger partial charge in [-0.25, -0.2) is 0 Å². The number of aliphatic carboxylic acids is 1. The van der Waals surface area contributed by atoms with Crippen LogP contribution in [0.5, 0.6) is 0 Å². The molecule has 0 saturated carbocycles. The second kappa shape index (κ2) is 5.95. The molecule has 7 nitrogen and oxygen atoms in total. The third-order valence-electron chi connectivity index (χ3n) is 5.64. The summed E-state index contributed by atoms with van der Waals surface area (Å²) in [7, 11) is 1.88. The summed E-state index contributed by atoms with van der Waals surface area (Å²) in [4.78, 5) is 25.4. The van der Waals surface area contributed by atoms with Gasteiger partial charge in [-0.1, -0.05) is 0 Å². The summed E-state index contributed by atoms with van der Waals surface area (Å²) in [5, 5.41) is 21.5. The average molecular weight is 330 g/mol. The van der Waals surface area contributed by atoms with Crippen LogP contribution in [0.3, 0.4) is 0 Å². The molecule has 2 saturated heterocycles. The molecule has 3 heterocycles. The molecule has 7 heteroatoms. The number of carboxylic acid groups (broad SMARTS) is 1. The molecule has 0 aromatic carbocycles. The van der Waals surface area contributed by atoms with E-state index in [1.165, 1.54) is 0 Å². The Hall–Kier alpha value is -2.33.